The molecule has 0 aliphatic carbocycles. The van der Waals surface area contributed by atoms with Crippen LogP contribution in [0.15, 0.2) is 18.2 Å². The molecule has 1 saturated heterocycles. The maximum atomic E-state index is 5.91. The number of piperidine rings is 1. The summed E-state index contributed by atoms with van der Waals surface area (Å²) in [4.78, 5) is 2.43. The van der Waals surface area contributed by atoms with Crippen LogP contribution in [-0.2, 0) is 4.74 Å². The van der Waals surface area contributed by atoms with Crippen LogP contribution in [-0.4, -0.2) is 26.8 Å². The molecule has 3 nitrogen and oxygen atoms in total. The van der Waals surface area contributed by atoms with Crippen molar-refractivity contribution < 1.29 is 4.74 Å². The van der Waals surface area contributed by atoms with Crippen LogP contribution in [0.2, 0.25) is 0 Å². The molecule has 1 unspecified atom stereocenters. The van der Waals surface area contributed by atoms with E-state index in [1.54, 1.807) is 7.11 Å². The van der Waals surface area contributed by atoms with E-state index in [0.717, 1.165) is 25.4 Å². The number of hydrogen-bond donors (Lipinski definition) is 1. The van der Waals surface area contributed by atoms with Crippen molar-refractivity contribution in [2.45, 2.75) is 19.8 Å². The molecule has 1 aromatic carbocycles. The standard InChI is InChI=1S/C14H22N2O/c1-11-6-13(15)8-14(7-11)16-5-3-4-12(9-16)10-17-2/h6-8,12H,3-5,9-10,15H2,1-2H3. The molecule has 94 valence electrons. The summed E-state index contributed by atoms with van der Waals surface area (Å²) in [5.74, 6) is 0.649. The third-order valence-electron chi connectivity index (χ3n) is 3.37. The van der Waals surface area contributed by atoms with Crippen LogP contribution in [0.1, 0.15) is 18.4 Å². The fourth-order valence-electron chi connectivity index (χ4n) is 2.65. The summed E-state index contributed by atoms with van der Waals surface area (Å²) in [6.07, 6.45) is 2.51. The second-order valence-corrected chi connectivity index (χ2v) is 5.01. The van der Waals surface area contributed by atoms with Crippen molar-refractivity contribution in [3.63, 3.8) is 0 Å². The Labute approximate surface area is 104 Å². The first-order valence-electron chi connectivity index (χ1n) is 6.30. The average Bonchev–Trinajstić information content (AvgIpc) is 2.28. The van der Waals surface area contributed by atoms with Gasteiger partial charge in [-0.25, -0.2) is 0 Å². The predicted octanol–water partition coefficient (Wildman–Crippen LogP) is 2.44. The Morgan fingerprint density at radius 1 is 1.41 bits per heavy atom. The molecular weight excluding hydrogens is 212 g/mol. The fraction of sp³-hybridized carbons (Fsp3) is 0.571. The lowest BCUT2D eigenvalue weighted by atomic mass is 9.98. The van der Waals surface area contributed by atoms with Crippen molar-refractivity contribution in [1.29, 1.82) is 0 Å². The number of nitrogens with two attached hydrogens (primary N) is 1. The normalized spacial score (nSPS) is 20.6. The lowest BCUT2D eigenvalue weighted by Crippen LogP contribution is -2.37. The van der Waals surface area contributed by atoms with Gasteiger partial charge in [-0.05, 0) is 49.4 Å². The van der Waals surface area contributed by atoms with Crippen molar-refractivity contribution in [3.05, 3.63) is 23.8 Å². The van der Waals surface area contributed by atoms with Gasteiger partial charge in [0.15, 0.2) is 0 Å². The average molecular weight is 234 g/mol. The molecule has 0 saturated carbocycles. The van der Waals surface area contributed by atoms with E-state index in [4.69, 9.17) is 10.5 Å². The Hall–Kier alpha value is -1.22. The molecular formula is C14H22N2O. The second-order valence-electron chi connectivity index (χ2n) is 5.01. The zero-order valence-electron chi connectivity index (χ0n) is 10.8. The van der Waals surface area contributed by atoms with Gasteiger partial charge in [0.05, 0.1) is 6.61 Å². The van der Waals surface area contributed by atoms with E-state index < -0.39 is 0 Å². The first-order valence-corrected chi connectivity index (χ1v) is 6.30. The van der Waals surface area contributed by atoms with Crippen molar-refractivity contribution in [3.8, 4) is 0 Å². The highest BCUT2D eigenvalue weighted by atomic mass is 16.5. The first-order chi connectivity index (χ1) is 8.19. The Morgan fingerprint density at radius 3 is 2.94 bits per heavy atom. The molecule has 1 aromatic rings. The maximum absolute atomic E-state index is 5.91. The summed E-state index contributed by atoms with van der Waals surface area (Å²) in [7, 11) is 1.78. The van der Waals surface area contributed by atoms with Gasteiger partial charge in [0, 0.05) is 31.6 Å². The van der Waals surface area contributed by atoms with E-state index in [1.165, 1.54) is 24.1 Å². The minimum Gasteiger partial charge on any atom is -0.399 e. The van der Waals surface area contributed by atoms with Gasteiger partial charge < -0.3 is 15.4 Å². The highest BCUT2D eigenvalue weighted by molar-refractivity contribution is 5.58. The molecule has 0 radical (unpaired) electrons. The number of aryl methyl sites for hydroxylation is 1. The number of nitrogens with zero attached hydrogens (tertiary/aromatic N) is 1. The lowest BCUT2D eigenvalue weighted by molar-refractivity contribution is 0.143. The smallest absolute Gasteiger partial charge is 0.0507 e. The summed E-state index contributed by atoms with van der Waals surface area (Å²) < 4.78 is 5.26. The third-order valence-corrected chi connectivity index (χ3v) is 3.37. The lowest BCUT2D eigenvalue weighted by Gasteiger charge is -2.34. The van der Waals surface area contributed by atoms with E-state index in [9.17, 15) is 0 Å². The van der Waals surface area contributed by atoms with Crippen LogP contribution in [0.3, 0.4) is 0 Å². The Morgan fingerprint density at radius 2 is 2.24 bits per heavy atom. The van der Waals surface area contributed by atoms with E-state index in [-0.39, 0.29) is 0 Å². The summed E-state index contributed by atoms with van der Waals surface area (Å²) in [5.41, 5.74) is 9.25. The number of methoxy groups -OCH3 is 1. The molecule has 0 aromatic heterocycles. The number of benzene rings is 1. The van der Waals surface area contributed by atoms with Gasteiger partial charge in [0.1, 0.15) is 0 Å². The molecule has 1 fully saturated rings. The van der Waals surface area contributed by atoms with Crippen molar-refractivity contribution in [2.75, 3.05) is 37.4 Å². The van der Waals surface area contributed by atoms with E-state index in [0.29, 0.717) is 5.92 Å². The molecule has 1 aliphatic rings. The molecule has 17 heavy (non-hydrogen) atoms. The minimum atomic E-state index is 0.649. The summed E-state index contributed by atoms with van der Waals surface area (Å²) in [6, 6.07) is 6.30. The van der Waals surface area contributed by atoms with E-state index >= 15 is 0 Å². The van der Waals surface area contributed by atoms with Crippen LogP contribution < -0.4 is 10.6 Å². The van der Waals surface area contributed by atoms with Crippen LogP contribution in [0.5, 0.6) is 0 Å². The number of rotatable bonds is 3. The van der Waals surface area contributed by atoms with E-state index in [2.05, 4.69) is 24.0 Å². The van der Waals surface area contributed by atoms with Gasteiger partial charge in [-0.1, -0.05) is 0 Å². The molecule has 0 bridgehead atoms. The predicted molar refractivity (Wildman–Crippen MR) is 72.4 cm³/mol. The monoisotopic (exact) mass is 234 g/mol. The maximum Gasteiger partial charge on any atom is 0.0507 e. The van der Waals surface area contributed by atoms with Gasteiger partial charge >= 0.3 is 0 Å². The zero-order chi connectivity index (χ0) is 12.3. The molecule has 1 heterocycles. The number of nitrogen functional groups attached to an aromatic ring is 1. The second kappa shape index (κ2) is 5.41. The van der Waals surface area contributed by atoms with Crippen molar-refractivity contribution in [2.24, 2.45) is 5.92 Å². The summed E-state index contributed by atoms with van der Waals surface area (Å²) in [5, 5.41) is 0. The quantitative estimate of drug-likeness (QED) is 0.816. The number of ether oxygens (including phenoxy) is 1. The topological polar surface area (TPSA) is 38.5 Å². The van der Waals surface area contributed by atoms with E-state index in [1.807, 2.05) is 6.07 Å². The van der Waals surface area contributed by atoms with Crippen molar-refractivity contribution >= 4 is 11.4 Å². The zero-order valence-corrected chi connectivity index (χ0v) is 10.8. The molecule has 1 aliphatic heterocycles. The highest BCUT2D eigenvalue weighted by Gasteiger charge is 2.20. The first kappa shape index (κ1) is 12.2. The SMILES string of the molecule is COCC1CCCN(c2cc(C)cc(N)c2)C1. The van der Waals surface area contributed by atoms with Gasteiger partial charge in [0.25, 0.3) is 0 Å². The molecule has 2 rings (SSSR count). The van der Waals surface area contributed by atoms with Crippen molar-refractivity contribution in [1.82, 2.24) is 0 Å². The largest absolute Gasteiger partial charge is 0.399 e. The number of anilines is 2. The van der Waals surface area contributed by atoms with Gasteiger partial charge in [-0.2, -0.15) is 0 Å². The van der Waals surface area contributed by atoms with Gasteiger partial charge in [0.2, 0.25) is 0 Å². The fourth-order valence-corrected chi connectivity index (χ4v) is 2.65. The third kappa shape index (κ3) is 3.13. The number of hydrogen-bond acceptors (Lipinski definition) is 3. The molecule has 0 spiro atoms. The van der Waals surface area contributed by atoms with Crippen LogP contribution >= 0.6 is 0 Å². The molecule has 3 heteroatoms. The summed E-state index contributed by atoms with van der Waals surface area (Å²) in [6.45, 7) is 5.16. The Balaban J connectivity index is 2.10. The van der Waals surface area contributed by atoms with Gasteiger partial charge in [-0.15, -0.1) is 0 Å². The van der Waals surface area contributed by atoms with Crippen LogP contribution in [0, 0.1) is 12.8 Å². The van der Waals surface area contributed by atoms with Crippen LogP contribution in [0.4, 0.5) is 11.4 Å². The molecule has 1 atom stereocenters. The Bertz CT molecular complexity index is 356. The molecule has 2 N–H and O–H groups in total. The highest BCUT2D eigenvalue weighted by Crippen LogP contribution is 2.26. The van der Waals surface area contributed by atoms with Gasteiger partial charge in [-0.3, -0.25) is 0 Å². The minimum absolute atomic E-state index is 0.649. The summed E-state index contributed by atoms with van der Waals surface area (Å²) >= 11 is 0. The molecule has 0 amide bonds. The Kier molecular flexibility index (Phi) is 3.89. The van der Waals surface area contributed by atoms with Crippen LogP contribution in [0.25, 0.3) is 0 Å².